The molecule has 1 unspecified atom stereocenters. The van der Waals surface area contributed by atoms with Crippen molar-refractivity contribution in [1.29, 1.82) is 0 Å². The van der Waals surface area contributed by atoms with Crippen LogP contribution in [0.15, 0.2) is 18.2 Å². The van der Waals surface area contributed by atoms with Gasteiger partial charge in [0.25, 0.3) is 0 Å². The van der Waals surface area contributed by atoms with E-state index in [-0.39, 0.29) is 5.75 Å². The van der Waals surface area contributed by atoms with E-state index in [0.29, 0.717) is 24.3 Å². The fraction of sp³-hybridized carbons (Fsp3) is 0.333. The minimum atomic E-state index is -0.495. The molecule has 1 atom stereocenters. The molecule has 0 bridgehead atoms. The van der Waals surface area contributed by atoms with Gasteiger partial charge in [0.1, 0.15) is 18.1 Å². The van der Waals surface area contributed by atoms with Crippen LogP contribution in [-0.4, -0.2) is 22.9 Å². The Balaban J connectivity index is 2.43. The molecule has 12 heavy (non-hydrogen) atoms. The average molecular weight is 166 g/mol. The molecule has 2 N–H and O–H groups in total. The molecule has 0 saturated carbocycles. The summed E-state index contributed by atoms with van der Waals surface area (Å²) in [6, 6.07) is 5.12. The van der Waals surface area contributed by atoms with Gasteiger partial charge in [-0.3, -0.25) is 0 Å². The first-order valence-corrected chi connectivity index (χ1v) is 3.89. The molecule has 0 fully saturated rings. The van der Waals surface area contributed by atoms with Crippen LogP contribution in [0.4, 0.5) is 0 Å². The van der Waals surface area contributed by atoms with Gasteiger partial charge in [-0.05, 0) is 12.1 Å². The lowest BCUT2D eigenvalue weighted by Crippen LogP contribution is -2.25. The van der Waals surface area contributed by atoms with E-state index in [2.05, 4.69) is 0 Å². The highest BCUT2D eigenvalue weighted by Gasteiger charge is 2.19. The third-order valence-electron chi connectivity index (χ3n) is 1.98. The standard InChI is InChI=1S/C9H10O3/c10-6-4-7-8(11)2-1-3-9(7)12-5-6/h1-3,6,10-11H,4-5H2. The minimum Gasteiger partial charge on any atom is -0.508 e. The molecule has 0 saturated heterocycles. The number of aliphatic hydroxyl groups is 1. The fourth-order valence-electron chi connectivity index (χ4n) is 1.37. The van der Waals surface area contributed by atoms with Crippen molar-refractivity contribution < 1.29 is 14.9 Å². The molecule has 0 spiro atoms. The lowest BCUT2D eigenvalue weighted by Gasteiger charge is -2.21. The zero-order valence-corrected chi connectivity index (χ0v) is 6.53. The lowest BCUT2D eigenvalue weighted by atomic mass is 10.0. The second kappa shape index (κ2) is 2.68. The maximum Gasteiger partial charge on any atom is 0.126 e. The SMILES string of the molecule is Oc1cccc2c1CC(O)CO2. The van der Waals surface area contributed by atoms with E-state index >= 15 is 0 Å². The summed E-state index contributed by atoms with van der Waals surface area (Å²) in [4.78, 5) is 0. The molecule has 1 heterocycles. The van der Waals surface area contributed by atoms with Crippen molar-refractivity contribution in [2.75, 3.05) is 6.61 Å². The first-order chi connectivity index (χ1) is 5.77. The molecular formula is C9H10O3. The van der Waals surface area contributed by atoms with E-state index < -0.39 is 6.10 Å². The zero-order chi connectivity index (χ0) is 8.55. The Morgan fingerprint density at radius 2 is 2.25 bits per heavy atom. The quantitative estimate of drug-likeness (QED) is 0.596. The maximum absolute atomic E-state index is 9.38. The maximum atomic E-state index is 9.38. The number of hydrogen-bond donors (Lipinski definition) is 2. The smallest absolute Gasteiger partial charge is 0.126 e. The van der Waals surface area contributed by atoms with Crippen LogP contribution < -0.4 is 4.74 Å². The van der Waals surface area contributed by atoms with E-state index in [0.717, 1.165) is 0 Å². The van der Waals surface area contributed by atoms with Crippen LogP contribution in [-0.2, 0) is 6.42 Å². The largest absolute Gasteiger partial charge is 0.508 e. The molecule has 64 valence electrons. The van der Waals surface area contributed by atoms with Crippen LogP contribution in [0.5, 0.6) is 11.5 Å². The summed E-state index contributed by atoms with van der Waals surface area (Å²) in [5.41, 5.74) is 0.705. The van der Waals surface area contributed by atoms with Crippen molar-refractivity contribution in [3.63, 3.8) is 0 Å². The molecular weight excluding hydrogens is 156 g/mol. The summed E-state index contributed by atoms with van der Waals surface area (Å²) in [5.74, 6) is 0.881. The van der Waals surface area contributed by atoms with E-state index in [1.807, 2.05) is 0 Å². The molecule has 1 aliphatic heterocycles. The predicted molar refractivity (Wildman–Crippen MR) is 43.3 cm³/mol. The lowest BCUT2D eigenvalue weighted by molar-refractivity contribution is 0.0909. The summed E-state index contributed by atoms with van der Waals surface area (Å²) in [6.45, 7) is 0.316. The van der Waals surface area contributed by atoms with Crippen molar-refractivity contribution in [1.82, 2.24) is 0 Å². The topological polar surface area (TPSA) is 49.7 Å². The third kappa shape index (κ3) is 1.12. The van der Waals surface area contributed by atoms with Crippen molar-refractivity contribution in [2.24, 2.45) is 0 Å². The van der Waals surface area contributed by atoms with Crippen LogP contribution in [0.2, 0.25) is 0 Å². The molecule has 0 aromatic heterocycles. The molecule has 1 aromatic carbocycles. The van der Waals surface area contributed by atoms with Gasteiger partial charge in [0.2, 0.25) is 0 Å². The van der Waals surface area contributed by atoms with E-state index in [1.54, 1.807) is 18.2 Å². The Labute approximate surface area is 70.2 Å². The molecule has 3 heteroatoms. The summed E-state index contributed by atoms with van der Waals surface area (Å²) in [7, 11) is 0. The Bertz CT molecular complexity index is 296. The zero-order valence-electron chi connectivity index (χ0n) is 6.53. The van der Waals surface area contributed by atoms with E-state index in [4.69, 9.17) is 4.74 Å². The van der Waals surface area contributed by atoms with Crippen molar-refractivity contribution in [2.45, 2.75) is 12.5 Å². The fourth-order valence-corrected chi connectivity index (χ4v) is 1.37. The molecule has 3 nitrogen and oxygen atoms in total. The Hall–Kier alpha value is -1.22. The first-order valence-electron chi connectivity index (χ1n) is 3.89. The van der Waals surface area contributed by atoms with Gasteiger partial charge in [0, 0.05) is 12.0 Å². The molecule has 0 amide bonds. The summed E-state index contributed by atoms with van der Waals surface area (Å²) in [6.07, 6.45) is -0.0204. The Kier molecular flexibility index (Phi) is 1.66. The van der Waals surface area contributed by atoms with Gasteiger partial charge in [-0.15, -0.1) is 0 Å². The molecule has 0 aliphatic carbocycles. The summed E-state index contributed by atoms with van der Waals surface area (Å²) < 4.78 is 5.21. The predicted octanol–water partition coefficient (Wildman–Crippen LogP) is 0.688. The third-order valence-corrected chi connectivity index (χ3v) is 1.98. The normalized spacial score (nSPS) is 21.2. The van der Waals surface area contributed by atoms with Crippen LogP contribution in [0.25, 0.3) is 0 Å². The second-order valence-electron chi connectivity index (χ2n) is 2.92. The number of phenolic OH excluding ortho intramolecular Hbond substituents is 1. The second-order valence-corrected chi connectivity index (χ2v) is 2.92. The highest BCUT2D eigenvalue weighted by molar-refractivity contribution is 5.45. The monoisotopic (exact) mass is 166 g/mol. The molecule has 1 aliphatic rings. The van der Waals surface area contributed by atoms with Crippen molar-refractivity contribution in [3.8, 4) is 11.5 Å². The van der Waals surface area contributed by atoms with Crippen LogP contribution >= 0.6 is 0 Å². The number of ether oxygens (including phenoxy) is 1. The van der Waals surface area contributed by atoms with Crippen LogP contribution in [0.3, 0.4) is 0 Å². The van der Waals surface area contributed by atoms with Crippen LogP contribution in [0, 0.1) is 0 Å². The molecule has 1 aromatic rings. The number of aromatic hydroxyl groups is 1. The molecule has 2 rings (SSSR count). The van der Waals surface area contributed by atoms with E-state index in [1.165, 1.54) is 0 Å². The minimum absolute atomic E-state index is 0.200. The summed E-state index contributed by atoms with van der Waals surface area (Å²) in [5, 5.41) is 18.6. The van der Waals surface area contributed by atoms with Gasteiger partial charge in [-0.25, -0.2) is 0 Å². The highest BCUT2D eigenvalue weighted by atomic mass is 16.5. The number of rotatable bonds is 0. The van der Waals surface area contributed by atoms with Crippen molar-refractivity contribution >= 4 is 0 Å². The Morgan fingerprint density at radius 3 is 3.08 bits per heavy atom. The first kappa shape index (κ1) is 7.43. The number of fused-ring (bicyclic) bond motifs is 1. The van der Waals surface area contributed by atoms with Gasteiger partial charge in [0.15, 0.2) is 0 Å². The number of phenols is 1. The van der Waals surface area contributed by atoms with Gasteiger partial charge < -0.3 is 14.9 Å². The van der Waals surface area contributed by atoms with Gasteiger partial charge in [-0.2, -0.15) is 0 Å². The molecule has 0 radical (unpaired) electrons. The van der Waals surface area contributed by atoms with Gasteiger partial charge >= 0.3 is 0 Å². The van der Waals surface area contributed by atoms with Crippen LogP contribution in [0.1, 0.15) is 5.56 Å². The average Bonchev–Trinajstić information content (AvgIpc) is 2.07. The van der Waals surface area contributed by atoms with Crippen molar-refractivity contribution in [3.05, 3.63) is 23.8 Å². The summed E-state index contributed by atoms with van der Waals surface area (Å²) >= 11 is 0. The number of hydrogen-bond acceptors (Lipinski definition) is 3. The van der Waals surface area contributed by atoms with E-state index in [9.17, 15) is 10.2 Å². The number of benzene rings is 1. The Morgan fingerprint density at radius 1 is 1.42 bits per heavy atom. The number of aliphatic hydroxyl groups excluding tert-OH is 1. The van der Waals surface area contributed by atoms with Gasteiger partial charge in [-0.1, -0.05) is 6.07 Å². The van der Waals surface area contributed by atoms with Gasteiger partial charge in [0.05, 0.1) is 6.10 Å². The highest BCUT2D eigenvalue weighted by Crippen LogP contribution is 2.31.